The molecule has 0 bridgehead atoms. The summed E-state index contributed by atoms with van der Waals surface area (Å²) in [6.07, 6.45) is 8.82. The van der Waals surface area contributed by atoms with Crippen molar-refractivity contribution in [3.05, 3.63) is 72.1 Å². The number of hydrogen-bond donors (Lipinski definition) is 4. The van der Waals surface area contributed by atoms with Crippen molar-refractivity contribution in [2.45, 2.75) is 103 Å². The van der Waals surface area contributed by atoms with Crippen LogP contribution in [0.2, 0.25) is 0 Å². The van der Waals surface area contributed by atoms with Crippen LogP contribution in [0.1, 0.15) is 95.5 Å². The molecule has 15 nitrogen and oxygen atoms in total. The maximum absolute atomic E-state index is 13.7. The Balaban J connectivity index is 1.02. The summed E-state index contributed by atoms with van der Waals surface area (Å²) in [5, 5.41) is 6.59. The lowest BCUT2D eigenvalue weighted by Gasteiger charge is -2.30. The Labute approximate surface area is 356 Å². The monoisotopic (exact) mass is 831 g/mol. The first kappa shape index (κ1) is 41.6. The minimum absolute atomic E-state index is 0.106. The van der Waals surface area contributed by atoms with Crippen molar-refractivity contribution >= 4 is 34.9 Å². The molecular weight excluding hydrogens is 775 g/mol. The Morgan fingerprint density at radius 1 is 0.689 bits per heavy atom. The highest BCUT2D eigenvalue weighted by atomic mass is 16.5. The molecule has 0 unspecified atom stereocenters. The molecule has 3 aromatic heterocycles. The molecule has 5 aromatic rings. The van der Waals surface area contributed by atoms with Crippen molar-refractivity contribution in [1.29, 1.82) is 0 Å². The lowest BCUT2D eigenvalue weighted by molar-refractivity contribution is -0.136. The lowest BCUT2D eigenvalue weighted by Crippen LogP contribution is -2.51. The van der Waals surface area contributed by atoms with Gasteiger partial charge in [-0.15, -0.1) is 0 Å². The average Bonchev–Trinajstić information content (AvgIpc) is 4.11. The fourth-order valence-corrected chi connectivity index (χ4v) is 9.40. The standard InChI is InChI=1S/C46H57N9O6/c1-26(2)39(51-45(58)60-5)43(56)54-19-9-12-36(54)41-47-24-33(49-41)29-14-16-32-28(21-29)11-7-8-18-53-35-17-15-30(22-31(35)23-38(32)53)34-25-48-42(50-34)37-13-10-20-55(37)44(57)40(27(3)4)52-46(59)61-6/h14-17,21-27,36-37,39-40H,7-13,18-20H2,1-6H3,(H,47,49)(H,48,50)(H,51,58)(H,52,59)/t36-,37-,39-,40-/m0/s1. The van der Waals surface area contributed by atoms with Crippen LogP contribution in [0.5, 0.6) is 0 Å². The van der Waals surface area contributed by atoms with E-state index in [1.165, 1.54) is 36.6 Å². The first-order valence-electron chi connectivity index (χ1n) is 21.6. The van der Waals surface area contributed by atoms with E-state index in [4.69, 9.17) is 19.4 Å². The van der Waals surface area contributed by atoms with Crippen molar-refractivity contribution in [1.82, 2.24) is 44.9 Å². The van der Waals surface area contributed by atoms with Gasteiger partial charge in [-0.25, -0.2) is 19.6 Å². The molecule has 61 heavy (non-hydrogen) atoms. The molecule has 0 saturated carbocycles. The molecule has 3 aliphatic heterocycles. The number of fused-ring (bicyclic) bond motifs is 5. The molecule has 15 heteroatoms. The predicted molar refractivity (Wildman–Crippen MR) is 231 cm³/mol. The first-order chi connectivity index (χ1) is 29.4. The summed E-state index contributed by atoms with van der Waals surface area (Å²) >= 11 is 0. The number of carbonyl (C=O) groups is 4. The van der Waals surface area contributed by atoms with Crippen LogP contribution in [-0.4, -0.2) is 97.7 Å². The number of aryl methyl sites for hydroxylation is 2. The molecule has 8 rings (SSSR count). The van der Waals surface area contributed by atoms with E-state index in [-0.39, 0.29) is 35.7 Å². The number of aromatic nitrogens is 5. The summed E-state index contributed by atoms with van der Waals surface area (Å²) in [7, 11) is 2.60. The average molecular weight is 832 g/mol. The highest BCUT2D eigenvalue weighted by Gasteiger charge is 2.39. The topological polar surface area (TPSA) is 180 Å². The number of alkyl carbamates (subject to hydrolysis) is 2. The van der Waals surface area contributed by atoms with Gasteiger partial charge in [-0.3, -0.25) is 9.59 Å². The zero-order chi connectivity index (χ0) is 42.9. The number of ether oxygens (including phenoxy) is 2. The largest absolute Gasteiger partial charge is 0.453 e. The van der Waals surface area contributed by atoms with Gasteiger partial charge in [-0.1, -0.05) is 45.9 Å². The number of hydrogen-bond acceptors (Lipinski definition) is 8. The molecule has 4 atom stereocenters. The van der Waals surface area contributed by atoms with Crippen LogP contribution in [0, 0.1) is 11.8 Å². The van der Waals surface area contributed by atoms with E-state index in [2.05, 4.69) is 67.6 Å². The number of rotatable bonds is 10. The van der Waals surface area contributed by atoms with Gasteiger partial charge in [-0.05, 0) is 92.2 Å². The van der Waals surface area contributed by atoms with Gasteiger partial charge in [0.15, 0.2) is 0 Å². The van der Waals surface area contributed by atoms with Crippen LogP contribution < -0.4 is 10.6 Å². The number of likely N-dealkylation sites (tertiary alicyclic amines) is 2. The van der Waals surface area contributed by atoms with E-state index >= 15 is 0 Å². The number of nitrogens with one attached hydrogen (secondary N) is 4. The van der Waals surface area contributed by atoms with Crippen LogP contribution in [0.25, 0.3) is 44.7 Å². The molecule has 2 saturated heterocycles. The van der Waals surface area contributed by atoms with Crippen LogP contribution in [0.4, 0.5) is 9.59 Å². The second-order valence-electron chi connectivity index (χ2n) is 17.2. The number of imidazole rings is 2. The quantitative estimate of drug-likeness (QED) is 0.112. The van der Waals surface area contributed by atoms with Crippen LogP contribution in [0.3, 0.4) is 0 Å². The number of methoxy groups -OCH3 is 2. The highest BCUT2D eigenvalue weighted by Crippen LogP contribution is 2.39. The second-order valence-corrected chi connectivity index (χ2v) is 17.2. The van der Waals surface area contributed by atoms with Gasteiger partial charge in [0, 0.05) is 47.4 Å². The predicted octanol–water partition coefficient (Wildman–Crippen LogP) is 7.51. The van der Waals surface area contributed by atoms with Crippen molar-refractivity contribution in [3.8, 4) is 33.8 Å². The molecular formula is C46H57N9O6. The normalized spacial score (nSPS) is 18.7. The fraction of sp³-hybridized carbons (Fsp3) is 0.478. The maximum atomic E-state index is 13.7. The molecule has 4 N–H and O–H groups in total. The molecule has 0 aliphatic carbocycles. The van der Waals surface area contributed by atoms with E-state index in [0.717, 1.165) is 91.0 Å². The molecule has 4 amide bonds. The van der Waals surface area contributed by atoms with Gasteiger partial charge in [0.05, 0.1) is 50.1 Å². The fourth-order valence-electron chi connectivity index (χ4n) is 9.40. The van der Waals surface area contributed by atoms with Crippen molar-refractivity contribution in [2.24, 2.45) is 11.8 Å². The lowest BCUT2D eigenvalue weighted by atomic mass is 9.95. The Hall–Kier alpha value is -6.12. The van der Waals surface area contributed by atoms with E-state index in [1.807, 2.05) is 49.9 Å². The Morgan fingerprint density at radius 2 is 1.23 bits per heavy atom. The third-order valence-corrected chi connectivity index (χ3v) is 12.7. The Bertz CT molecular complexity index is 2430. The molecule has 322 valence electrons. The number of amides is 4. The smallest absolute Gasteiger partial charge is 0.407 e. The summed E-state index contributed by atoms with van der Waals surface area (Å²) in [6, 6.07) is 13.7. The minimum atomic E-state index is -0.691. The first-order valence-corrected chi connectivity index (χ1v) is 21.6. The van der Waals surface area contributed by atoms with E-state index < -0.39 is 24.3 Å². The van der Waals surface area contributed by atoms with E-state index in [0.29, 0.717) is 13.1 Å². The van der Waals surface area contributed by atoms with Crippen LogP contribution in [0.15, 0.2) is 54.9 Å². The van der Waals surface area contributed by atoms with Crippen molar-refractivity contribution in [2.75, 3.05) is 27.3 Å². The third kappa shape index (κ3) is 8.21. The number of benzene rings is 2. The van der Waals surface area contributed by atoms with Gasteiger partial charge < -0.3 is 44.4 Å². The summed E-state index contributed by atoms with van der Waals surface area (Å²) in [5.41, 5.74) is 8.69. The highest BCUT2D eigenvalue weighted by molar-refractivity contribution is 5.91. The number of aromatic amines is 2. The number of carbonyl (C=O) groups excluding carboxylic acids is 4. The summed E-state index contributed by atoms with van der Waals surface area (Å²) < 4.78 is 12.0. The zero-order valence-corrected chi connectivity index (χ0v) is 35.9. The van der Waals surface area contributed by atoms with Gasteiger partial charge in [-0.2, -0.15) is 0 Å². The third-order valence-electron chi connectivity index (χ3n) is 12.7. The van der Waals surface area contributed by atoms with Crippen LogP contribution in [-0.2, 0) is 32.0 Å². The zero-order valence-electron chi connectivity index (χ0n) is 35.9. The molecule has 0 spiro atoms. The van der Waals surface area contributed by atoms with E-state index in [9.17, 15) is 19.2 Å². The van der Waals surface area contributed by atoms with E-state index in [1.54, 1.807) is 0 Å². The molecule has 0 radical (unpaired) electrons. The van der Waals surface area contributed by atoms with Gasteiger partial charge in [0.2, 0.25) is 11.8 Å². The summed E-state index contributed by atoms with van der Waals surface area (Å²) in [5.74, 6) is 1.01. The summed E-state index contributed by atoms with van der Waals surface area (Å²) in [4.78, 5) is 71.8. The SMILES string of the molecule is COC(=O)N[C@H](C(=O)N1CCC[C@H]1c1ncc(-c2ccc3c(c2)CCCCn2c-3cc3cc(-c4cnc([C@@H]5CCCN5C(=O)[C@@H](NC(=O)OC)C(C)C)[nH]4)ccc32)[nH]1)C(C)C. The maximum Gasteiger partial charge on any atom is 0.407 e. The minimum Gasteiger partial charge on any atom is -0.453 e. The van der Waals surface area contributed by atoms with Gasteiger partial charge in [0.25, 0.3) is 0 Å². The van der Waals surface area contributed by atoms with Gasteiger partial charge in [0.1, 0.15) is 23.7 Å². The number of nitrogens with zero attached hydrogens (tertiary/aromatic N) is 5. The molecule has 2 aromatic carbocycles. The second kappa shape index (κ2) is 17.5. The molecule has 6 heterocycles. The van der Waals surface area contributed by atoms with Gasteiger partial charge >= 0.3 is 12.2 Å². The molecule has 2 fully saturated rings. The Kier molecular flexibility index (Phi) is 11.9. The molecule has 3 aliphatic rings. The Morgan fingerprint density at radius 3 is 1.77 bits per heavy atom. The van der Waals surface area contributed by atoms with Crippen LogP contribution >= 0.6 is 0 Å². The van der Waals surface area contributed by atoms with Crippen molar-refractivity contribution in [3.63, 3.8) is 0 Å². The van der Waals surface area contributed by atoms with Crippen molar-refractivity contribution < 1.29 is 28.7 Å². The number of H-pyrrole nitrogens is 2. The summed E-state index contributed by atoms with van der Waals surface area (Å²) in [6.45, 7) is 9.77.